The number of benzene rings is 1. The van der Waals surface area contributed by atoms with E-state index in [-0.39, 0.29) is 5.91 Å². The van der Waals surface area contributed by atoms with Crippen molar-refractivity contribution in [2.75, 3.05) is 19.9 Å². The standard InChI is InChI=1S/C11H14BrNO2S/c1-13(15-2)11(14)7-8-16-10-5-3-9(12)4-6-10/h3-6H,7-8H2,1-2H3. The summed E-state index contributed by atoms with van der Waals surface area (Å²) in [6.45, 7) is 0. The summed E-state index contributed by atoms with van der Waals surface area (Å²) >= 11 is 5.04. The molecule has 3 nitrogen and oxygen atoms in total. The highest BCUT2D eigenvalue weighted by atomic mass is 79.9. The van der Waals surface area contributed by atoms with Crippen molar-refractivity contribution in [3.8, 4) is 0 Å². The van der Waals surface area contributed by atoms with Crippen LogP contribution >= 0.6 is 27.7 Å². The minimum Gasteiger partial charge on any atom is -0.275 e. The molecular formula is C11H14BrNO2S. The number of hydrogen-bond acceptors (Lipinski definition) is 3. The average Bonchev–Trinajstić information content (AvgIpc) is 2.30. The Balaban J connectivity index is 2.30. The van der Waals surface area contributed by atoms with Crippen LogP contribution in [0.15, 0.2) is 33.6 Å². The van der Waals surface area contributed by atoms with E-state index in [1.54, 1.807) is 18.8 Å². The number of halogens is 1. The zero-order valence-corrected chi connectivity index (χ0v) is 11.7. The van der Waals surface area contributed by atoms with Gasteiger partial charge in [-0.15, -0.1) is 11.8 Å². The second kappa shape index (κ2) is 6.93. The lowest BCUT2D eigenvalue weighted by Crippen LogP contribution is -2.25. The van der Waals surface area contributed by atoms with Crippen LogP contribution in [0.3, 0.4) is 0 Å². The topological polar surface area (TPSA) is 29.5 Å². The van der Waals surface area contributed by atoms with Crippen LogP contribution in [0.5, 0.6) is 0 Å². The Morgan fingerprint density at radius 1 is 1.44 bits per heavy atom. The summed E-state index contributed by atoms with van der Waals surface area (Å²) in [5.74, 6) is 0.751. The molecule has 0 fully saturated rings. The number of rotatable bonds is 5. The van der Waals surface area contributed by atoms with Crippen molar-refractivity contribution < 1.29 is 9.63 Å². The molecule has 0 aliphatic rings. The highest BCUT2D eigenvalue weighted by Gasteiger charge is 2.07. The monoisotopic (exact) mass is 303 g/mol. The van der Waals surface area contributed by atoms with Gasteiger partial charge in [0.15, 0.2) is 0 Å². The fraction of sp³-hybridized carbons (Fsp3) is 0.364. The summed E-state index contributed by atoms with van der Waals surface area (Å²) in [4.78, 5) is 17.4. The molecule has 0 heterocycles. The predicted molar refractivity (Wildman–Crippen MR) is 69.3 cm³/mol. The molecule has 0 atom stereocenters. The number of carbonyl (C=O) groups is 1. The second-order valence-corrected chi connectivity index (χ2v) is 5.21. The van der Waals surface area contributed by atoms with Crippen LogP contribution in [-0.2, 0) is 9.63 Å². The molecule has 1 amide bonds. The Kier molecular flexibility index (Phi) is 5.87. The number of nitrogens with zero attached hydrogens (tertiary/aromatic N) is 1. The lowest BCUT2D eigenvalue weighted by molar-refractivity contribution is -0.168. The van der Waals surface area contributed by atoms with Crippen molar-refractivity contribution in [3.63, 3.8) is 0 Å². The van der Waals surface area contributed by atoms with Crippen LogP contribution in [0.2, 0.25) is 0 Å². The Hall–Kier alpha value is -0.520. The van der Waals surface area contributed by atoms with Crippen molar-refractivity contribution in [3.05, 3.63) is 28.7 Å². The van der Waals surface area contributed by atoms with Gasteiger partial charge in [-0.25, -0.2) is 5.06 Å². The minimum absolute atomic E-state index is 0.00730. The van der Waals surface area contributed by atoms with Gasteiger partial charge in [0.1, 0.15) is 0 Å². The molecule has 88 valence electrons. The van der Waals surface area contributed by atoms with Gasteiger partial charge in [0.25, 0.3) is 0 Å². The zero-order valence-electron chi connectivity index (χ0n) is 9.27. The molecule has 0 bridgehead atoms. The van der Waals surface area contributed by atoms with Gasteiger partial charge in [0.05, 0.1) is 7.11 Å². The largest absolute Gasteiger partial charge is 0.275 e. The van der Waals surface area contributed by atoms with E-state index in [2.05, 4.69) is 15.9 Å². The molecule has 0 aromatic heterocycles. The lowest BCUT2D eigenvalue weighted by Gasteiger charge is -2.12. The highest BCUT2D eigenvalue weighted by molar-refractivity contribution is 9.10. The van der Waals surface area contributed by atoms with Crippen molar-refractivity contribution in [2.45, 2.75) is 11.3 Å². The third-order valence-electron chi connectivity index (χ3n) is 2.02. The molecule has 0 radical (unpaired) electrons. The molecule has 0 spiro atoms. The van der Waals surface area contributed by atoms with E-state index in [4.69, 9.17) is 4.84 Å². The molecule has 0 saturated carbocycles. The summed E-state index contributed by atoms with van der Waals surface area (Å²) in [6.07, 6.45) is 0.477. The third kappa shape index (κ3) is 4.55. The maximum Gasteiger partial charge on any atom is 0.246 e. The van der Waals surface area contributed by atoms with Crippen LogP contribution in [0, 0.1) is 0 Å². The van der Waals surface area contributed by atoms with E-state index < -0.39 is 0 Å². The van der Waals surface area contributed by atoms with Crippen LogP contribution in [0.1, 0.15) is 6.42 Å². The molecule has 1 aromatic rings. The first-order chi connectivity index (χ1) is 7.63. The summed E-state index contributed by atoms with van der Waals surface area (Å²) < 4.78 is 1.06. The summed E-state index contributed by atoms with van der Waals surface area (Å²) in [6, 6.07) is 8.04. The van der Waals surface area contributed by atoms with Crippen LogP contribution in [0.25, 0.3) is 0 Å². The smallest absolute Gasteiger partial charge is 0.246 e. The van der Waals surface area contributed by atoms with Crippen molar-refractivity contribution in [1.82, 2.24) is 5.06 Å². The molecule has 5 heteroatoms. The van der Waals surface area contributed by atoms with E-state index in [0.29, 0.717) is 6.42 Å². The predicted octanol–water partition coefficient (Wildman–Crippen LogP) is 2.95. The number of hydrogen-bond donors (Lipinski definition) is 0. The SMILES string of the molecule is CON(C)C(=O)CCSc1ccc(Br)cc1. The third-order valence-corrected chi connectivity index (χ3v) is 3.57. The molecule has 0 unspecified atom stereocenters. The van der Waals surface area contributed by atoms with E-state index in [1.165, 1.54) is 12.2 Å². The molecular weight excluding hydrogens is 290 g/mol. The van der Waals surface area contributed by atoms with Crippen molar-refractivity contribution in [1.29, 1.82) is 0 Å². The Morgan fingerprint density at radius 3 is 2.62 bits per heavy atom. The molecule has 16 heavy (non-hydrogen) atoms. The Morgan fingerprint density at radius 2 is 2.06 bits per heavy atom. The fourth-order valence-corrected chi connectivity index (χ4v) is 2.15. The highest BCUT2D eigenvalue weighted by Crippen LogP contribution is 2.21. The molecule has 0 aliphatic carbocycles. The van der Waals surface area contributed by atoms with Crippen LogP contribution in [-0.4, -0.2) is 30.9 Å². The molecule has 1 rings (SSSR count). The quantitative estimate of drug-likeness (QED) is 0.619. The van der Waals surface area contributed by atoms with E-state index in [1.807, 2.05) is 24.3 Å². The normalized spacial score (nSPS) is 10.2. The van der Waals surface area contributed by atoms with Gasteiger partial charge in [0, 0.05) is 28.6 Å². The number of carbonyl (C=O) groups excluding carboxylic acids is 1. The van der Waals surface area contributed by atoms with E-state index in [0.717, 1.165) is 15.1 Å². The maximum atomic E-state index is 11.4. The molecule has 0 saturated heterocycles. The maximum absolute atomic E-state index is 11.4. The molecule has 0 aliphatic heterocycles. The Bertz CT molecular complexity index is 342. The summed E-state index contributed by atoms with van der Waals surface area (Å²) in [5, 5.41) is 1.25. The van der Waals surface area contributed by atoms with Crippen molar-refractivity contribution in [2.24, 2.45) is 0 Å². The molecule has 1 aromatic carbocycles. The van der Waals surface area contributed by atoms with Gasteiger partial charge in [-0.1, -0.05) is 15.9 Å². The van der Waals surface area contributed by atoms with Gasteiger partial charge >= 0.3 is 0 Å². The van der Waals surface area contributed by atoms with Gasteiger partial charge in [-0.3, -0.25) is 9.63 Å². The van der Waals surface area contributed by atoms with Crippen LogP contribution < -0.4 is 0 Å². The zero-order chi connectivity index (χ0) is 12.0. The summed E-state index contributed by atoms with van der Waals surface area (Å²) in [5.41, 5.74) is 0. The fourth-order valence-electron chi connectivity index (χ4n) is 1.05. The first-order valence-electron chi connectivity index (χ1n) is 4.82. The number of hydroxylamine groups is 2. The Labute approximate surface area is 108 Å². The van der Waals surface area contributed by atoms with Gasteiger partial charge in [0.2, 0.25) is 5.91 Å². The van der Waals surface area contributed by atoms with Crippen molar-refractivity contribution >= 4 is 33.6 Å². The molecule has 0 N–H and O–H groups in total. The lowest BCUT2D eigenvalue weighted by atomic mass is 10.4. The second-order valence-electron chi connectivity index (χ2n) is 3.13. The summed E-state index contributed by atoms with van der Waals surface area (Å²) in [7, 11) is 3.10. The first kappa shape index (κ1) is 13.5. The van der Waals surface area contributed by atoms with E-state index >= 15 is 0 Å². The van der Waals surface area contributed by atoms with Crippen LogP contribution in [0.4, 0.5) is 0 Å². The van der Waals surface area contributed by atoms with E-state index in [9.17, 15) is 4.79 Å². The average molecular weight is 304 g/mol. The first-order valence-corrected chi connectivity index (χ1v) is 6.60. The van der Waals surface area contributed by atoms with Gasteiger partial charge in [-0.2, -0.15) is 0 Å². The minimum atomic E-state index is -0.00730. The van der Waals surface area contributed by atoms with Gasteiger partial charge in [-0.05, 0) is 24.3 Å². The number of amides is 1. The van der Waals surface area contributed by atoms with Gasteiger partial charge < -0.3 is 0 Å². The number of thioether (sulfide) groups is 1.